The summed E-state index contributed by atoms with van der Waals surface area (Å²) in [6, 6.07) is 18.6. The maximum Gasteiger partial charge on any atom is 0.339 e. The summed E-state index contributed by atoms with van der Waals surface area (Å²) in [5, 5.41) is 21.5. The van der Waals surface area contributed by atoms with Crippen molar-refractivity contribution in [3.8, 4) is 26.9 Å². The van der Waals surface area contributed by atoms with E-state index in [1.54, 1.807) is 6.07 Å². The molecule has 2 N–H and O–H groups in total. The van der Waals surface area contributed by atoms with Gasteiger partial charge in [0, 0.05) is 5.56 Å². The first kappa shape index (κ1) is 16.9. The summed E-state index contributed by atoms with van der Waals surface area (Å²) >= 11 is 2.90. The maximum atomic E-state index is 11.7. The molecule has 0 fully saturated rings. The molecule has 5 nitrogen and oxygen atoms in total. The second-order valence-corrected chi connectivity index (χ2v) is 8.26. The Hall–Kier alpha value is -3.29. The van der Waals surface area contributed by atoms with Crippen LogP contribution in [0, 0.1) is 0 Å². The number of aromatic carboxylic acids is 1. The highest BCUT2D eigenvalue weighted by Crippen LogP contribution is 2.41. The van der Waals surface area contributed by atoms with Gasteiger partial charge in [-0.2, -0.15) is 0 Å². The van der Waals surface area contributed by atoms with Crippen LogP contribution >= 0.6 is 22.7 Å². The van der Waals surface area contributed by atoms with Gasteiger partial charge < -0.3 is 10.2 Å². The predicted octanol–water partition coefficient (Wildman–Crippen LogP) is 5.64. The minimum Gasteiger partial charge on any atom is -0.506 e. The molecule has 0 aliphatic rings. The summed E-state index contributed by atoms with van der Waals surface area (Å²) in [5.74, 6) is -1.47. The molecule has 0 unspecified atom stereocenters. The lowest BCUT2D eigenvalue weighted by molar-refractivity contribution is 0.0694. The molecule has 0 atom stereocenters. The van der Waals surface area contributed by atoms with Gasteiger partial charge in [0.05, 0.1) is 26.0 Å². The second kappa shape index (κ2) is 6.40. The van der Waals surface area contributed by atoms with Gasteiger partial charge in [0.25, 0.3) is 0 Å². The highest BCUT2D eigenvalue weighted by Gasteiger charge is 2.21. The zero-order chi connectivity index (χ0) is 19.3. The quantitative estimate of drug-likeness (QED) is 0.406. The van der Waals surface area contributed by atoms with Gasteiger partial charge >= 0.3 is 5.97 Å². The topological polar surface area (TPSA) is 83.3 Å². The van der Waals surface area contributed by atoms with Crippen LogP contribution in [0.4, 0.5) is 0 Å². The molecule has 0 saturated carbocycles. The van der Waals surface area contributed by atoms with Crippen LogP contribution in [0.25, 0.3) is 41.6 Å². The molecule has 7 heteroatoms. The third-order valence-corrected chi connectivity index (χ3v) is 6.56. The number of para-hydroxylation sites is 2. The first-order chi connectivity index (χ1) is 13.6. The molecule has 0 amide bonds. The number of carboxylic acids is 1. The normalized spacial score (nSPS) is 11.3. The summed E-state index contributed by atoms with van der Waals surface area (Å²) in [4.78, 5) is 20.9. The average Bonchev–Trinajstić information content (AvgIpc) is 3.31. The molecule has 2 aromatic heterocycles. The van der Waals surface area contributed by atoms with Gasteiger partial charge in [-0.25, -0.2) is 14.8 Å². The predicted molar refractivity (Wildman–Crippen MR) is 112 cm³/mol. The van der Waals surface area contributed by atoms with Crippen LogP contribution in [0.5, 0.6) is 5.75 Å². The van der Waals surface area contributed by atoms with Crippen LogP contribution in [0.3, 0.4) is 0 Å². The van der Waals surface area contributed by atoms with Crippen molar-refractivity contribution < 1.29 is 15.0 Å². The maximum absolute atomic E-state index is 11.7. The van der Waals surface area contributed by atoms with Crippen LogP contribution in [-0.2, 0) is 0 Å². The Morgan fingerprint density at radius 1 is 0.821 bits per heavy atom. The van der Waals surface area contributed by atoms with Crippen molar-refractivity contribution in [2.45, 2.75) is 0 Å². The van der Waals surface area contributed by atoms with Crippen molar-refractivity contribution in [1.82, 2.24) is 9.97 Å². The molecule has 28 heavy (non-hydrogen) atoms. The standard InChI is InChI=1S/C21H12N2O3S2/c24-18-12(20-23-15-6-2-4-8-17(15)28-20)9-11(10-13(18)21(25)26)19-22-14-5-1-3-7-16(14)27-19/h1-10,24H,(H,25,26). The molecule has 2 heterocycles. The van der Waals surface area contributed by atoms with E-state index in [1.165, 1.54) is 28.7 Å². The Bertz CT molecular complexity index is 1300. The fourth-order valence-corrected chi connectivity index (χ4v) is 5.00. The first-order valence-corrected chi connectivity index (χ1v) is 10.1. The second-order valence-electron chi connectivity index (χ2n) is 6.20. The molecule has 5 rings (SSSR count). The van der Waals surface area contributed by atoms with Crippen LogP contribution in [0.15, 0.2) is 60.7 Å². The van der Waals surface area contributed by atoms with Crippen molar-refractivity contribution in [3.63, 3.8) is 0 Å². The third-order valence-electron chi connectivity index (χ3n) is 4.41. The lowest BCUT2D eigenvalue weighted by atomic mass is 10.0. The number of rotatable bonds is 3. The first-order valence-electron chi connectivity index (χ1n) is 8.42. The number of fused-ring (bicyclic) bond motifs is 2. The third kappa shape index (κ3) is 2.72. The van der Waals surface area contributed by atoms with Crippen molar-refractivity contribution in [2.24, 2.45) is 0 Å². The largest absolute Gasteiger partial charge is 0.506 e. The lowest BCUT2D eigenvalue weighted by Gasteiger charge is -2.08. The van der Waals surface area contributed by atoms with Crippen molar-refractivity contribution in [2.75, 3.05) is 0 Å². The number of hydrogen-bond donors (Lipinski definition) is 2. The van der Waals surface area contributed by atoms with E-state index in [-0.39, 0.29) is 11.3 Å². The summed E-state index contributed by atoms with van der Waals surface area (Å²) in [7, 11) is 0. The fraction of sp³-hybridized carbons (Fsp3) is 0. The number of aromatic hydroxyl groups is 1. The summed E-state index contributed by atoms with van der Waals surface area (Å²) in [6.07, 6.45) is 0. The number of hydrogen-bond acceptors (Lipinski definition) is 6. The van der Waals surface area contributed by atoms with Gasteiger partial charge in [0.15, 0.2) is 0 Å². The molecule has 5 aromatic rings. The number of aromatic nitrogens is 2. The van der Waals surface area contributed by atoms with E-state index in [0.717, 1.165) is 20.4 Å². The van der Waals surface area contributed by atoms with Crippen LogP contribution < -0.4 is 0 Å². The van der Waals surface area contributed by atoms with Crippen LogP contribution in [0.2, 0.25) is 0 Å². The summed E-state index contributed by atoms with van der Waals surface area (Å²) in [5.41, 5.74) is 2.55. The zero-order valence-electron chi connectivity index (χ0n) is 14.3. The van der Waals surface area contributed by atoms with E-state index in [1.807, 2.05) is 48.5 Å². The van der Waals surface area contributed by atoms with Gasteiger partial charge in [-0.15, -0.1) is 22.7 Å². The summed E-state index contributed by atoms with van der Waals surface area (Å²) < 4.78 is 1.99. The monoisotopic (exact) mass is 404 g/mol. The molecule has 136 valence electrons. The SMILES string of the molecule is O=C(O)c1cc(-c2nc3ccccc3s2)cc(-c2nc3ccccc3s2)c1O. The number of phenols is 1. The highest BCUT2D eigenvalue weighted by atomic mass is 32.1. The summed E-state index contributed by atoms with van der Waals surface area (Å²) in [6.45, 7) is 0. The van der Waals surface area contributed by atoms with Gasteiger partial charge in [0.1, 0.15) is 21.3 Å². The molecule has 0 aliphatic carbocycles. The number of nitrogens with zero attached hydrogens (tertiary/aromatic N) is 2. The molecule has 0 saturated heterocycles. The molecule has 0 bridgehead atoms. The van der Waals surface area contributed by atoms with Crippen LogP contribution in [-0.4, -0.2) is 26.2 Å². The van der Waals surface area contributed by atoms with E-state index < -0.39 is 5.97 Å². The Labute approximate surface area is 167 Å². The van der Waals surface area contributed by atoms with E-state index in [9.17, 15) is 15.0 Å². The average molecular weight is 404 g/mol. The van der Waals surface area contributed by atoms with Crippen molar-refractivity contribution >= 4 is 49.1 Å². The number of thiazole rings is 2. The van der Waals surface area contributed by atoms with E-state index in [2.05, 4.69) is 9.97 Å². The van der Waals surface area contributed by atoms with Gasteiger partial charge in [0.2, 0.25) is 0 Å². The van der Waals surface area contributed by atoms with Gasteiger partial charge in [-0.1, -0.05) is 24.3 Å². The number of carboxylic acid groups (broad SMARTS) is 1. The Balaban J connectivity index is 1.75. The molecular weight excluding hydrogens is 392 g/mol. The zero-order valence-corrected chi connectivity index (χ0v) is 15.9. The van der Waals surface area contributed by atoms with Crippen LogP contribution in [0.1, 0.15) is 10.4 Å². The highest BCUT2D eigenvalue weighted by molar-refractivity contribution is 7.22. The smallest absolute Gasteiger partial charge is 0.339 e. The van der Waals surface area contributed by atoms with Gasteiger partial charge in [-0.05, 0) is 36.4 Å². The van der Waals surface area contributed by atoms with E-state index in [0.29, 0.717) is 21.1 Å². The molecule has 3 aromatic carbocycles. The lowest BCUT2D eigenvalue weighted by Crippen LogP contribution is -1.99. The molecular formula is C21H12N2O3S2. The van der Waals surface area contributed by atoms with Crippen molar-refractivity contribution in [1.29, 1.82) is 0 Å². The minimum absolute atomic E-state index is 0.161. The van der Waals surface area contributed by atoms with E-state index in [4.69, 9.17) is 0 Å². The Morgan fingerprint density at radius 3 is 2.00 bits per heavy atom. The number of benzene rings is 3. The van der Waals surface area contributed by atoms with E-state index >= 15 is 0 Å². The molecule has 0 radical (unpaired) electrons. The molecule has 0 spiro atoms. The minimum atomic E-state index is -1.19. The Morgan fingerprint density at radius 2 is 1.39 bits per heavy atom. The molecule has 0 aliphatic heterocycles. The number of carbonyl (C=O) groups is 1. The fourth-order valence-electron chi connectivity index (χ4n) is 3.07. The van der Waals surface area contributed by atoms with Crippen molar-refractivity contribution in [3.05, 3.63) is 66.2 Å². The van der Waals surface area contributed by atoms with Gasteiger partial charge in [-0.3, -0.25) is 0 Å². The Kier molecular flexibility index (Phi) is 3.85.